The lowest BCUT2D eigenvalue weighted by molar-refractivity contribution is -0.122. The van der Waals surface area contributed by atoms with Gasteiger partial charge in [0, 0.05) is 17.5 Å². The van der Waals surface area contributed by atoms with Gasteiger partial charge in [-0.25, -0.2) is 0 Å². The molecule has 5 nitrogen and oxygen atoms in total. The van der Waals surface area contributed by atoms with Gasteiger partial charge in [0.15, 0.2) is 11.5 Å². The summed E-state index contributed by atoms with van der Waals surface area (Å²) in [6, 6.07) is 13.3. The molecular formula is C21H19ClN2O3. The quantitative estimate of drug-likeness (QED) is 0.760. The van der Waals surface area contributed by atoms with Crippen LogP contribution in [0.25, 0.3) is 0 Å². The first kappa shape index (κ1) is 20.2. The van der Waals surface area contributed by atoms with Crippen molar-refractivity contribution >= 4 is 17.5 Å². The maximum absolute atomic E-state index is 12.8. The summed E-state index contributed by atoms with van der Waals surface area (Å²) < 4.78 is 10.8. The van der Waals surface area contributed by atoms with Crippen molar-refractivity contribution in [2.24, 2.45) is 0 Å². The number of carbonyl (C=O) groups excluding carboxylic acids is 1. The van der Waals surface area contributed by atoms with Crippen LogP contribution in [-0.4, -0.2) is 13.0 Å². The number of benzene rings is 2. The molecule has 0 saturated heterocycles. The van der Waals surface area contributed by atoms with Crippen LogP contribution in [0.15, 0.2) is 42.5 Å². The topological polar surface area (TPSA) is 71.3 Å². The third-order valence-corrected chi connectivity index (χ3v) is 4.22. The highest BCUT2D eigenvalue weighted by Crippen LogP contribution is 2.36. The highest BCUT2D eigenvalue weighted by Gasteiger charge is 2.24. The van der Waals surface area contributed by atoms with Crippen molar-refractivity contribution in [1.82, 2.24) is 5.32 Å². The Morgan fingerprint density at radius 2 is 1.93 bits per heavy atom. The highest BCUT2D eigenvalue weighted by atomic mass is 35.5. The fraction of sp³-hybridized carbons (Fsp3) is 0.238. The van der Waals surface area contributed by atoms with E-state index < -0.39 is 12.0 Å². The Hall–Kier alpha value is -3.15. The van der Waals surface area contributed by atoms with E-state index in [-0.39, 0.29) is 5.91 Å². The van der Waals surface area contributed by atoms with E-state index in [0.29, 0.717) is 27.6 Å². The Kier molecular flexibility index (Phi) is 7.11. The van der Waals surface area contributed by atoms with E-state index in [2.05, 4.69) is 23.4 Å². The number of methoxy groups -OCH3 is 1. The number of nitrogens with zero attached hydrogens (tertiary/aromatic N) is 1. The van der Waals surface area contributed by atoms with Crippen LogP contribution in [0, 0.1) is 23.4 Å². The van der Waals surface area contributed by atoms with Crippen LogP contribution in [0.5, 0.6) is 11.5 Å². The minimum absolute atomic E-state index is 0.320. The molecule has 0 fully saturated rings. The maximum atomic E-state index is 12.8. The van der Waals surface area contributed by atoms with Crippen molar-refractivity contribution in [2.45, 2.75) is 25.8 Å². The summed E-state index contributed by atoms with van der Waals surface area (Å²) in [5, 5.41) is 12.7. The average Bonchev–Trinajstić information content (AvgIpc) is 2.70. The molecule has 2 aromatic rings. The van der Waals surface area contributed by atoms with Gasteiger partial charge >= 0.3 is 0 Å². The number of amides is 1. The Labute approximate surface area is 163 Å². The zero-order valence-corrected chi connectivity index (χ0v) is 16.0. The smallest absolute Gasteiger partial charge is 0.228 e. The lowest BCUT2D eigenvalue weighted by atomic mass is 9.97. The van der Waals surface area contributed by atoms with Crippen molar-refractivity contribution in [3.63, 3.8) is 0 Å². The van der Waals surface area contributed by atoms with Crippen LogP contribution in [0.2, 0.25) is 5.02 Å². The van der Waals surface area contributed by atoms with E-state index in [9.17, 15) is 10.1 Å². The van der Waals surface area contributed by atoms with E-state index >= 15 is 0 Å². The van der Waals surface area contributed by atoms with Crippen LogP contribution >= 0.6 is 11.6 Å². The predicted molar refractivity (Wildman–Crippen MR) is 103 cm³/mol. The minimum atomic E-state index is -0.789. The molecule has 0 aliphatic carbocycles. The van der Waals surface area contributed by atoms with Gasteiger partial charge in [-0.05, 0) is 30.7 Å². The second kappa shape index (κ2) is 9.52. The number of halogens is 1. The number of ether oxygens (including phenoxy) is 2. The zero-order valence-electron chi connectivity index (χ0n) is 15.2. The molecule has 0 radical (unpaired) electrons. The van der Waals surface area contributed by atoms with Gasteiger partial charge in [0.05, 0.1) is 19.1 Å². The zero-order chi connectivity index (χ0) is 19.8. The summed E-state index contributed by atoms with van der Waals surface area (Å²) in [7, 11) is 1.52. The SMILES string of the molecule is CC#COc1c(OC)cccc1C(C)C(=O)NC(C#N)c1ccc(Cl)cc1. The lowest BCUT2D eigenvalue weighted by Crippen LogP contribution is -2.31. The van der Waals surface area contributed by atoms with E-state index in [0.717, 1.165) is 0 Å². The Bertz CT molecular complexity index is 908. The summed E-state index contributed by atoms with van der Waals surface area (Å²) >= 11 is 5.88. The number of hydrogen-bond donors (Lipinski definition) is 1. The van der Waals surface area contributed by atoms with Gasteiger partial charge < -0.3 is 14.8 Å². The monoisotopic (exact) mass is 382 g/mol. The normalized spacial score (nSPS) is 12.0. The Morgan fingerprint density at radius 1 is 1.22 bits per heavy atom. The lowest BCUT2D eigenvalue weighted by Gasteiger charge is -2.19. The number of hydrogen-bond acceptors (Lipinski definition) is 4. The van der Waals surface area contributed by atoms with E-state index in [1.807, 2.05) is 0 Å². The van der Waals surface area contributed by atoms with Crippen molar-refractivity contribution in [3.05, 3.63) is 58.6 Å². The third-order valence-electron chi connectivity index (χ3n) is 3.96. The van der Waals surface area contributed by atoms with Crippen LogP contribution in [0.1, 0.15) is 36.9 Å². The number of rotatable bonds is 6. The van der Waals surface area contributed by atoms with E-state index in [4.69, 9.17) is 21.1 Å². The molecule has 0 saturated carbocycles. The molecule has 0 bridgehead atoms. The number of carbonyl (C=O) groups is 1. The summed E-state index contributed by atoms with van der Waals surface area (Å²) in [5.41, 5.74) is 1.27. The van der Waals surface area contributed by atoms with Crippen LogP contribution in [-0.2, 0) is 4.79 Å². The molecule has 138 valence electrons. The summed E-state index contributed by atoms with van der Waals surface area (Å²) in [6.07, 6.45) is 2.53. The molecule has 27 heavy (non-hydrogen) atoms. The molecular weight excluding hydrogens is 364 g/mol. The fourth-order valence-electron chi connectivity index (χ4n) is 2.50. The summed E-state index contributed by atoms with van der Waals surface area (Å²) in [6.45, 7) is 3.38. The molecule has 0 aromatic heterocycles. The molecule has 0 heterocycles. The van der Waals surface area contributed by atoms with Crippen LogP contribution < -0.4 is 14.8 Å². The standard InChI is InChI=1S/C21H19ClN2O3/c1-4-12-27-20-17(6-5-7-19(20)26-3)14(2)21(25)24-18(13-23)15-8-10-16(22)11-9-15/h5-11,14,18H,1-3H3,(H,24,25). The van der Waals surface area contributed by atoms with Gasteiger partial charge in [-0.1, -0.05) is 41.8 Å². The minimum Gasteiger partial charge on any atom is -0.493 e. The molecule has 1 amide bonds. The van der Waals surface area contributed by atoms with Gasteiger partial charge in [0.2, 0.25) is 5.91 Å². The largest absolute Gasteiger partial charge is 0.493 e. The van der Waals surface area contributed by atoms with Gasteiger partial charge in [-0.3, -0.25) is 4.79 Å². The number of nitrogens with one attached hydrogen (secondary N) is 1. The van der Waals surface area contributed by atoms with Gasteiger partial charge in [-0.2, -0.15) is 5.26 Å². The Balaban J connectivity index is 2.27. The first-order valence-corrected chi connectivity index (χ1v) is 8.60. The molecule has 0 aliphatic heterocycles. The molecule has 2 rings (SSSR count). The molecule has 0 spiro atoms. The predicted octanol–water partition coefficient (Wildman–Crippen LogP) is 4.19. The van der Waals surface area contributed by atoms with Crippen molar-refractivity contribution in [1.29, 1.82) is 5.26 Å². The first-order valence-electron chi connectivity index (χ1n) is 8.22. The number of para-hydroxylation sites is 1. The molecule has 2 aromatic carbocycles. The van der Waals surface area contributed by atoms with Gasteiger partial charge in [0.25, 0.3) is 0 Å². The summed E-state index contributed by atoms with van der Waals surface area (Å²) in [5.74, 6) is 2.60. The van der Waals surface area contributed by atoms with Crippen molar-refractivity contribution in [2.75, 3.05) is 7.11 Å². The van der Waals surface area contributed by atoms with Crippen molar-refractivity contribution < 1.29 is 14.3 Å². The van der Waals surface area contributed by atoms with E-state index in [1.54, 1.807) is 56.3 Å². The molecule has 6 heteroatoms. The average molecular weight is 383 g/mol. The molecule has 1 N–H and O–H groups in total. The van der Waals surface area contributed by atoms with Crippen LogP contribution in [0.4, 0.5) is 0 Å². The Morgan fingerprint density at radius 3 is 2.52 bits per heavy atom. The van der Waals surface area contributed by atoms with Gasteiger partial charge in [0.1, 0.15) is 12.1 Å². The van der Waals surface area contributed by atoms with E-state index in [1.165, 1.54) is 7.11 Å². The molecule has 2 unspecified atom stereocenters. The third kappa shape index (κ3) is 4.94. The second-order valence-corrected chi connectivity index (χ2v) is 6.11. The number of nitriles is 1. The van der Waals surface area contributed by atoms with Crippen LogP contribution in [0.3, 0.4) is 0 Å². The first-order chi connectivity index (χ1) is 13.0. The molecule has 2 atom stereocenters. The molecule has 0 aliphatic rings. The van der Waals surface area contributed by atoms with Crippen molar-refractivity contribution in [3.8, 4) is 29.6 Å². The maximum Gasteiger partial charge on any atom is 0.228 e. The fourth-order valence-corrected chi connectivity index (χ4v) is 2.63. The summed E-state index contributed by atoms with van der Waals surface area (Å²) in [4.78, 5) is 12.8. The highest BCUT2D eigenvalue weighted by molar-refractivity contribution is 6.30. The van der Waals surface area contributed by atoms with Gasteiger partial charge in [-0.15, -0.1) is 0 Å². The second-order valence-electron chi connectivity index (χ2n) is 5.68.